The molecule has 4 aliphatic rings. The normalized spacial score (nSPS) is 24.9. The number of urea groups is 2. The van der Waals surface area contributed by atoms with E-state index in [1.54, 1.807) is 13.8 Å². The van der Waals surface area contributed by atoms with Gasteiger partial charge in [-0.2, -0.15) is 0 Å². The molecule has 6 rings (SSSR count). The number of rotatable bonds is 0. The van der Waals surface area contributed by atoms with E-state index >= 15 is 0 Å². The fourth-order valence-corrected chi connectivity index (χ4v) is 7.03. The second-order valence-electron chi connectivity index (χ2n) is 17.4. The fourth-order valence-electron chi connectivity index (χ4n) is 7.03. The predicted molar refractivity (Wildman–Crippen MR) is 207 cm³/mol. The van der Waals surface area contributed by atoms with Gasteiger partial charge in [-0.1, -0.05) is 67.5 Å². The number of hydrogen-bond donors (Lipinski definition) is 5. The molecule has 14 heteroatoms. The second-order valence-corrected chi connectivity index (χ2v) is 17.4. The summed E-state index contributed by atoms with van der Waals surface area (Å²) in [5, 5.41) is 14.7. The molecule has 0 aliphatic carbocycles. The number of cyclic esters (lactones) is 2. The number of amides is 4. The average Bonchev–Trinajstić information content (AvgIpc) is 3.08. The number of carbonyl (C=O) groups is 4. The first-order valence-corrected chi connectivity index (χ1v) is 18.8. The zero-order chi connectivity index (χ0) is 39.3. The van der Waals surface area contributed by atoms with Crippen LogP contribution in [0, 0.1) is 0 Å². The van der Waals surface area contributed by atoms with Crippen molar-refractivity contribution < 1.29 is 33.4 Å². The molecule has 14 nitrogen and oxygen atoms in total. The van der Waals surface area contributed by atoms with Gasteiger partial charge in [0, 0.05) is 29.6 Å². The Morgan fingerprint density at radius 3 is 1.69 bits per heavy atom. The molecule has 4 atom stereocenters. The Labute approximate surface area is 317 Å². The van der Waals surface area contributed by atoms with E-state index in [9.17, 15) is 19.2 Å². The second kappa shape index (κ2) is 14.3. The van der Waals surface area contributed by atoms with Crippen LogP contribution < -0.4 is 31.3 Å². The standard InChI is InChI=1S/C40H55N7O7/c1-21-33(48)52-19-25-11-13-47-14-12-26(44-35(47)43-25)20-53-34(49)22(2)42-37(51)46-30-18-24(39(6,7)8)16-28-32(30)54-31-27(40(28,9)10)15-23(38(3,4)5)17-29(31)45-36(50)41-21/h15-18,21-22,25-26H,11-14,19-20H2,1-10H3,(H,43,44)(H2,41,45,50)(H2,42,46,51)/t21-,22-,25+,26+/m0/s1. The van der Waals surface area contributed by atoms with Crippen molar-refractivity contribution in [1.82, 2.24) is 20.9 Å². The lowest BCUT2D eigenvalue weighted by atomic mass is 9.71. The summed E-state index contributed by atoms with van der Waals surface area (Å²) in [4.78, 5) is 60.3. The largest absolute Gasteiger partial charge is 0.462 e. The molecule has 292 valence electrons. The minimum absolute atomic E-state index is 0.0547. The first-order valence-electron chi connectivity index (χ1n) is 18.8. The van der Waals surface area contributed by atoms with Crippen molar-refractivity contribution in [2.24, 2.45) is 4.99 Å². The molecule has 0 spiro atoms. The highest BCUT2D eigenvalue weighted by atomic mass is 16.5. The molecule has 1 fully saturated rings. The van der Waals surface area contributed by atoms with Gasteiger partial charge in [0.15, 0.2) is 17.5 Å². The van der Waals surface area contributed by atoms with E-state index in [4.69, 9.17) is 19.2 Å². The Morgan fingerprint density at radius 2 is 1.19 bits per heavy atom. The van der Waals surface area contributed by atoms with Gasteiger partial charge in [-0.3, -0.25) is 0 Å². The van der Waals surface area contributed by atoms with Crippen LogP contribution >= 0.6 is 0 Å². The molecule has 0 unspecified atom stereocenters. The van der Waals surface area contributed by atoms with E-state index in [0.717, 1.165) is 41.8 Å². The van der Waals surface area contributed by atoms with Crippen LogP contribution in [-0.4, -0.2) is 85.3 Å². The van der Waals surface area contributed by atoms with Gasteiger partial charge < -0.3 is 45.7 Å². The van der Waals surface area contributed by atoms with Gasteiger partial charge in [-0.05, 0) is 60.8 Å². The topological polar surface area (TPSA) is 172 Å². The highest BCUT2D eigenvalue weighted by Gasteiger charge is 2.40. The Hall–Kier alpha value is -5.01. The molecule has 4 aliphatic heterocycles. The lowest BCUT2D eigenvalue weighted by molar-refractivity contribution is -0.146. The summed E-state index contributed by atoms with van der Waals surface area (Å²) < 4.78 is 18.0. The first kappa shape index (κ1) is 38.7. The van der Waals surface area contributed by atoms with Gasteiger partial charge >= 0.3 is 24.0 Å². The SMILES string of the molecule is C[C@@H]1NC(=O)Nc2cc(C(C)(C)C)cc3c2Oc2c(cc(C(C)(C)C)cc2C3(C)C)NC(=O)N[C@@H](C)C(=O)OC[C@H]2CCN3CC[C@H](COC1=O)N=C3N2. The van der Waals surface area contributed by atoms with Gasteiger partial charge in [-0.15, -0.1) is 0 Å². The molecule has 2 aromatic carbocycles. The zero-order valence-electron chi connectivity index (χ0n) is 33.1. The Bertz CT molecular complexity index is 1880. The first-order chi connectivity index (χ1) is 25.2. The molecule has 5 bridgehead atoms. The van der Waals surface area contributed by atoms with E-state index in [0.29, 0.717) is 35.3 Å². The number of fused-ring (bicyclic) bond motifs is 2. The fraction of sp³-hybridized carbons (Fsp3) is 0.575. The molecule has 54 heavy (non-hydrogen) atoms. The van der Waals surface area contributed by atoms with Gasteiger partial charge in [-0.25, -0.2) is 24.2 Å². The van der Waals surface area contributed by atoms with Gasteiger partial charge in [0.05, 0.1) is 23.5 Å². The van der Waals surface area contributed by atoms with Crippen LogP contribution in [0.4, 0.5) is 21.0 Å². The third-order valence-corrected chi connectivity index (χ3v) is 10.6. The summed E-state index contributed by atoms with van der Waals surface area (Å²) in [6.07, 6.45) is 1.42. The molecule has 4 amide bonds. The predicted octanol–water partition coefficient (Wildman–Crippen LogP) is 5.63. The van der Waals surface area contributed by atoms with Crippen molar-refractivity contribution in [2.75, 3.05) is 36.9 Å². The molecule has 2 aromatic rings. The summed E-state index contributed by atoms with van der Waals surface area (Å²) in [5.74, 6) is 0.322. The maximum atomic E-state index is 13.6. The van der Waals surface area contributed by atoms with Crippen LogP contribution in [0.5, 0.6) is 11.5 Å². The van der Waals surface area contributed by atoms with Crippen LogP contribution in [0.3, 0.4) is 0 Å². The lowest BCUT2D eigenvalue weighted by Gasteiger charge is -2.39. The summed E-state index contributed by atoms with van der Waals surface area (Å²) in [5.41, 5.74) is 3.18. The van der Waals surface area contributed by atoms with E-state index in [-0.39, 0.29) is 36.1 Å². The zero-order valence-corrected chi connectivity index (χ0v) is 33.1. The molecule has 4 heterocycles. The maximum absolute atomic E-state index is 13.6. The van der Waals surface area contributed by atoms with Crippen LogP contribution in [-0.2, 0) is 35.3 Å². The number of nitrogens with zero attached hydrogens (tertiary/aromatic N) is 2. The molecule has 5 N–H and O–H groups in total. The number of carbonyl (C=O) groups excluding carboxylic acids is 4. The number of benzene rings is 2. The van der Waals surface area contributed by atoms with Gasteiger partial charge in [0.2, 0.25) is 0 Å². The Balaban J connectivity index is 1.40. The number of aliphatic imine (C=N–C) groups is 1. The molecular weight excluding hydrogens is 690 g/mol. The van der Waals surface area contributed by atoms with Crippen LogP contribution in [0.15, 0.2) is 29.3 Å². The molecule has 0 saturated carbocycles. The number of esters is 2. The smallest absolute Gasteiger partial charge is 0.328 e. The number of hydrogen-bond acceptors (Lipinski definition) is 10. The van der Waals surface area contributed by atoms with Crippen molar-refractivity contribution in [3.05, 3.63) is 46.5 Å². The van der Waals surface area contributed by atoms with Gasteiger partial charge in [0.1, 0.15) is 25.3 Å². The number of guanidine groups is 1. The minimum Gasteiger partial charge on any atom is -0.462 e. The number of anilines is 2. The van der Waals surface area contributed by atoms with Crippen LogP contribution in [0.25, 0.3) is 0 Å². The summed E-state index contributed by atoms with van der Waals surface area (Å²) in [6.45, 7) is 21.5. The highest BCUT2D eigenvalue weighted by Crippen LogP contribution is 2.55. The maximum Gasteiger partial charge on any atom is 0.328 e. The molecule has 0 radical (unpaired) electrons. The summed E-state index contributed by atoms with van der Waals surface area (Å²) in [6, 6.07) is 4.37. The van der Waals surface area contributed by atoms with E-state index in [1.807, 2.05) is 12.1 Å². The summed E-state index contributed by atoms with van der Waals surface area (Å²) >= 11 is 0. The van der Waals surface area contributed by atoms with E-state index < -0.39 is 41.5 Å². The Kier molecular flexibility index (Phi) is 10.3. The lowest BCUT2D eigenvalue weighted by Crippen LogP contribution is -2.57. The monoisotopic (exact) mass is 745 g/mol. The van der Waals surface area contributed by atoms with Crippen molar-refractivity contribution in [1.29, 1.82) is 0 Å². The van der Waals surface area contributed by atoms with Crippen molar-refractivity contribution >= 4 is 41.3 Å². The van der Waals surface area contributed by atoms with E-state index in [1.165, 1.54) is 0 Å². The van der Waals surface area contributed by atoms with Crippen LogP contribution in [0.1, 0.15) is 104 Å². The van der Waals surface area contributed by atoms with Crippen LogP contribution in [0.2, 0.25) is 0 Å². The van der Waals surface area contributed by atoms with Crippen molar-refractivity contribution in [3.8, 4) is 11.5 Å². The molecule has 0 aromatic heterocycles. The minimum atomic E-state index is -0.956. The van der Waals surface area contributed by atoms with Crippen molar-refractivity contribution in [3.63, 3.8) is 0 Å². The van der Waals surface area contributed by atoms with Gasteiger partial charge in [0.25, 0.3) is 0 Å². The van der Waals surface area contributed by atoms with E-state index in [2.05, 4.69) is 99.0 Å². The Morgan fingerprint density at radius 1 is 0.704 bits per heavy atom. The molecular formula is C40H55N7O7. The summed E-state index contributed by atoms with van der Waals surface area (Å²) in [7, 11) is 0. The molecule has 1 saturated heterocycles. The van der Waals surface area contributed by atoms with Crippen molar-refractivity contribution in [2.45, 2.75) is 122 Å². The number of nitrogens with one attached hydrogen (secondary N) is 5. The third-order valence-electron chi connectivity index (χ3n) is 10.6. The average molecular weight is 746 g/mol. The number of ether oxygens (including phenoxy) is 3. The third kappa shape index (κ3) is 8.07. The highest BCUT2D eigenvalue weighted by molar-refractivity contribution is 5.96. The quantitative estimate of drug-likeness (QED) is 0.215.